The Balaban J connectivity index is 1.41. The van der Waals surface area contributed by atoms with Crippen LogP contribution in [-0.2, 0) is 4.74 Å². The molecule has 0 atom stereocenters. The third-order valence-electron chi connectivity index (χ3n) is 6.39. The number of hydrogen-bond donors (Lipinski definition) is 1. The molecule has 0 saturated carbocycles. The van der Waals surface area contributed by atoms with Crippen LogP contribution in [0.2, 0.25) is 0 Å². The molecule has 4 aromatic heterocycles. The van der Waals surface area contributed by atoms with Gasteiger partial charge in [-0.05, 0) is 47.1 Å². The molecule has 0 amide bonds. The number of fused-ring (bicyclic) bond motifs is 3. The van der Waals surface area contributed by atoms with Gasteiger partial charge in [-0.2, -0.15) is 21.4 Å². The van der Waals surface area contributed by atoms with Gasteiger partial charge in [0.1, 0.15) is 12.0 Å². The largest absolute Gasteiger partial charge is 0.381 e. The summed E-state index contributed by atoms with van der Waals surface area (Å²) in [7, 11) is 0. The Labute approximate surface area is 171 Å². The Bertz CT molecular complexity index is 1190. The number of nitrogens with one attached hydrogen (secondary N) is 1. The molecule has 2 saturated heterocycles. The van der Waals surface area contributed by atoms with E-state index in [0.29, 0.717) is 5.41 Å². The van der Waals surface area contributed by atoms with Crippen LogP contribution in [0.15, 0.2) is 29.7 Å². The molecule has 2 aliphatic heterocycles. The highest BCUT2D eigenvalue weighted by atomic mass is 32.1. The minimum Gasteiger partial charge on any atom is -0.381 e. The number of piperidine rings is 1. The molecule has 0 radical (unpaired) electrons. The number of nitrogens with zero attached hydrogens (tertiary/aromatic N) is 6. The summed E-state index contributed by atoms with van der Waals surface area (Å²) < 4.78 is 7.65. The number of aromatic amines is 1. The molecule has 2 fully saturated rings. The van der Waals surface area contributed by atoms with Crippen LogP contribution in [0.25, 0.3) is 22.3 Å². The van der Waals surface area contributed by atoms with E-state index < -0.39 is 0 Å². The lowest BCUT2D eigenvalue weighted by Crippen LogP contribution is -2.41. The lowest BCUT2D eigenvalue weighted by Gasteiger charge is -2.38. The second-order valence-corrected chi connectivity index (χ2v) is 8.79. The van der Waals surface area contributed by atoms with Gasteiger partial charge in [-0.1, -0.05) is 6.58 Å². The first-order chi connectivity index (χ1) is 14.2. The monoisotopic (exact) mass is 407 g/mol. The fourth-order valence-electron chi connectivity index (χ4n) is 4.57. The van der Waals surface area contributed by atoms with Crippen molar-refractivity contribution < 1.29 is 4.74 Å². The molecule has 4 aromatic rings. The molecule has 9 heteroatoms. The minimum atomic E-state index is 0.354. The normalized spacial score (nSPS) is 19.0. The summed E-state index contributed by atoms with van der Waals surface area (Å²) in [5.74, 6) is 0.864. The van der Waals surface area contributed by atoms with Crippen LogP contribution < -0.4 is 4.90 Å². The topological polar surface area (TPSA) is 84.2 Å². The van der Waals surface area contributed by atoms with E-state index >= 15 is 0 Å². The van der Waals surface area contributed by atoms with E-state index in [9.17, 15) is 0 Å². The third-order valence-corrected chi connectivity index (χ3v) is 7.08. The molecule has 6 heterocycles. The average molecular weight is 408 g/mol. The van der Waals surface area contributed by atoms with E-state index in [2.05, 4.69) is 37.3 Å². The van der Waals surface area contributed by atoms with E-state index in [-0.39, 0.29) is 0 Å². The standard InChI is InChI=1S/C20H21N7OS/c1-13(14-2-9-29-10-14)16-15-17(24-23-16)22-19(27-12-21-25-18(15)27)26-6-3-20(4-7-26)5-8-28-11-20/h2,9-10,12H,1,3-8,11H2,(H,23,24). The van der Waals surface area contributed by atoms with Crippen molar-refractivity contribution in [1.82, 2.24) is 29.8 Å². The van der Waals surface area contributed by atoms with Crippen LogP contribution in [0.3, 0.4) is 0 Å². The van der Waals surface area contributed by atoms with E-state index in [4.69, 9.17) is 9.72 Å². The third kappa shape index (κ3) is 2.61. The van der Waals surface area contributed by atoms with Gasteiger partial charge in [0.25, 0.3) is 0 Å². The quantitative estimate of drug-likeness (QED) is 0.562. The molecule has 29 heavy (non-hydrogen) atoms. The predicted molar refractivity (Wildman–Crippen MR) is 112 cm³/mol. The van der Waals surface area contributed by atoms with Crippen LogP contribution in [0.4, 0.5) is 5.95 Å². The molecule has 0 aromatic carbocycles. The highest BCUT2D eigenvalue weighted by Gasteiger charge is 2.38. The molecular formula is C20H21N7OS. The molecule has 6 rings (SSSR count). The summed E-state index contributed by atoms with van der Waals surface area (Å²) >= 11 is 1.64. The number of H-pyrrole nitrogens is 1. The zero-order valence-electron chi connectivity index (χ0n) is 16.0. The molecular weight excluding hydrogens is 386 g/mol. The van der Waals surface area contributed by atoms with Gasteiger partial charge in [-0.15, -0.1) is 10.2 Å². The van der Waals surface area contributed by atoms with Crippen molar-refractivity contribution in [2.45, 2.75) is 19.3 Å². The maximum atomic E-state index is 5.67. The predicted octanol–water partition coefficient (Wildman–Crippen LogP) is 3.13. The zero-order valence-corrected chi connectivity index (χ0v) is 16.8. The number of hydrogen-bond acceptors (Lipinski definition) is 7. The SMILES string of the molecule is C=C(c1ccsc1)c1n[nH]c2nc(N3CCC4(CCOC4)CC3)n3cnnc3c12. The number of thiophene rings is 1. The first kappa shape index (κ1) is 17.1. The van der Waals surface area contributed by atoms with Gasteiger partial charge in [0.15, 0.2) is 11.3 Å². The van der Waals surface area contributed by atoms with Crippen molar-refractivity contribution in [1.29, 1.82) is 0 Å². The lowest BCUT2D eigenvalue weighted by molar-refractivity contribution is 0.133. The van der Waals surface area contributed by atoms with Crippen molar-refractivity contribution in [3.8, 4) is 0 Å². The summed E-state index contributed by atoms with van der Waals surface area (Å²) in [6, 6.07) is 2.05. The smallest absolute Gasteiger partial charge is 0.214 e. The van der Waals surface area contributed by atoms with E-state index in [0.717, 1.165) is 78.6 Å². The van der Waals surface area contributed by atoms with Crippen LogP contribution in [-0.4, -0.2) is 56.1 Å². The summed E-state index contributed by atoms with van der Waals surface area (Å²) in [5, 5.41) is 21.2. The Morgan fingerprint density at radius 1 is 1.28 bits per heavy atom. The highest BCUT2D eigenvalue weighted by Crippen LogP contribution is 2.40. The maximum absolute atomic E-state index is 5.67. The molecule has 8 nitrogen and oxygen atoms in total. The lowest BCUT2D eigenvalue weighted by atomic mass is 9.78. The van der Waals surface area contributed by atoms with E-state index in [1.54, 1.807) is 17.7 Å². The van der Waals surface area contributed by atoms with Gasteiger partial charge < -0.3 is 9.64 Å². The molecule has 1 spiro atoms. The van der Waals surface area contributed by atoms with Gasteiger partial charge in [-0.3, -0.25) is 9.50 Å². The molecule has 0 unspecified atom stereocenters. The van der Waals surface area contributed by atoms with Gasteiger partial charge in [0, 0.05) is 25.3 Å². The minimum absolute atomic E-state index is 0.354. The van der Waals surface area contributed by atoms with Crippen molar-refractivity contribution >= 4 is 39.5 Å². The van der Waals surface area contributed by atoms with Crippen LogP contribution in [0.1, 0.15) is 30.5 Å². The van der Waals surface area contributed by atoms with E-state index in [1.807, 2.05) is 15.8 Å². The first-order valence-electron chi connectivity index (χ1n) is 9.86. The van der Waals surface area contributed by atoms with Gasteiger partial charge in [0.2, 0.25) is 5.95 Å². The number of anilines is 1. The second-order valence-electron chi connectivity index (χ2n) is 8.01. The summed E-state index contributed by atoms with van der Waals surface area (Å²) in [6.07, 6.45) is 5.16. The maximum Gasteiger partial charge on any atom is 0.214 e. The number of rotatable bonds is 3. The fraction of sp³-hybridized carbons (Fsp3) is 0.400. The van der Waals surface area contributed by atoms with Crippen molar-refractivity contribution in [3.63, 3.8) is 0 Å². The van der Waals surface area contributed by atoms with Crippen LogP contribution >= 0.6 is 11.3 Å². The van der Waals surface area contributed by atoms with Gasteiger partial charge >= 0.3 is 0 Å². The Kier molecular flexibility index (Phi) is 3.75. The summed E-state index contributed by atoms with van der Waals surface area (Å²) in [4.78, 5) is 7.25. The van der Waals surface area contributed by atoms with Gasteiger partial charge in [-0.25, -0.2) is 0 Å². The van der Waals surface area contributed by atoms with Crippen molar-refractivity contribution in [3.05, 3.63) is 41.0 Å². The van der Waals surface area contributed by atoms with Crippen LogP contribution in [0.5, 0.6) is 0 Å². The Hall–Kier alpha value is -2.78. The molecule has 0 bridgehead atoms. The highest BCUT2D eigenvalue weighted by molar-refractivity contribution is 7.08. The van der Waals surface area contributed by atoms with Gasteiger partial charge in [0.05, 0.1) is 12.0 Å². The summed E-state index contributed by atoms with van der Waals surface area (Å²) in [6.45, 7) is 7.95. The van der Waals surface area contributed by atoms with Crippen molar-refractivity contribution in [2.24, 2.45) is 5.41 Å². The van der Waals surface area contributed by atoms with E-state index in [1.165, 1.54) is 6.42 Å². The average Bonchev–Trinajstić information content (AvgIpc) is 3.53. The zero-order chi connectivity index (χ0) is 19.4. The molecule has 2 aliphatic rings. The molecule has 1 N–H and O–H groups in total. The Morgan fingerprint density at radius 2 is 2.17 bits per heavy atom. The first-order valence-corrected chi connectivity index (χ1v) is 10.8. The number of aromatic nitrogens is 6. The number of ether oxygens (including phenoxy) is 1. The van der Waals surface area contributed by atoms with Crippen LogP contribution in [0, 0.1) is 5.41 Å². The van der Waals surface area contributed by atoms with Crippen molar-refractivity contribution in [2.75, 3.05) is 31.2 Å². The molecule has 0 aliphatic carbocycles. The fourth-order valence-corrected chi connectivity index (χ4v) is 5.24. The Morgan fingerprint density at radius 3 is 2.93 bits per heavy atom. The second kappa shape index (κ2) is 6.36. The summed E-state index contributed by atoms with van der Waals surface area (Å²) in [5.41, 5.74) is 4.53. The molecule has 148 valence electrons.